The first-order chi connectivity index (χ1) is 6.22. The van der Waals surface area contributed by atoms with E-state index in [9.17, 15) is 0 Å². The average molecular weight is 186 g/mol. The van der Waals surface area contributed by atoms with E-state index in [1.165, 1.54) is 32.5 Å². The summed E-state index contributed by atoms with van der Waals surface area (Å²) in [6, 6.07) is 0.623. The van der Waals surface area contributed by atoms with Gasteiger partial charge in [0.05, 0.1) is 6.10 Å². The van der Waals surface area contributed by atoms with Crippen LogP contribution in [-0.2, 0) is 0 Å². The molecule has 78 valence electrons. The van der Waals surface area contributed by atoms with Crippen LogP contribution in [0.15, 0.2) is 0 Å². The van der Waals surface area contributed by atoms with Crippen LogP contribution in [-0.4, -0.2) is 48.3 Å². The van der Waals surface area contributed by atoms with Crippen LogP contribution in [0.1, 0.15) is 26.7 Å². The Hall–Kier alpha value is -0.120. The van der Waals surface area contributed by atoms with Crippen LogP contribution in [0.2, 0.25) is 0 Å². The molecule has 13 heavy (non-hydrogen) atoms. The number of piperidine rings is 1. The normalized spacial score (nSPS) is 23.3. The minimum Gasteiger partial charge on any atom is -0.392 e. The van der Waals surface area contributed by atoms with Crippen LogP contribution < -0.4 is 5.32 Å². The lowest BCUT2D eigenvalue weighted by molar-refractivity contribution is 0.164. The second-order valence-corrected chi connectivity index (χ2v) is 3.97. The molecular weight excluding hydrogens is 164 g/mol. The summed E-state index contributed by atoms with van der Waals surface area (Å²) in [5.41, 5.74) is 0. The van der Waals surface area contributed by atoms with Gasteiger partial charge in [-0.25, -0.2) is 0 Å². The fraction of sp³-hybridized carbons (Fsp3) is 1.00. The zero-order valence-electron chi connectivity index (χ0n) is 8.79. The SMILES string of the molecule is CCN1CCC(NC[C@@H](C)O)CC1. The van der Waals surface area contributed by atoms with E-state index in [1.807, 2.05) is 6.92 Å². The molecule has 3 nitrogen and oxygen atoms in total. The van der Waals surface area contributed by atoms with Crippen molar-refractivity contribution in [1.29, 1.82) is 0 Å². The van der Waals surface area contributed by atoms with Crippen molar-refractivity contribution in [3.05, 3.63) is 0 Å². The molecular formula is C10H22N2O. The zero-order chi connectivity index (χ0) is 9.68. The van der Waals surface area contributed by atoms with E-state index in [0.717, 1.165) is 6.54 Å². The van der Waals surface area contributed by atoms with Gasteiger partial charge in [-0.15, -0.1) is 0 Å². The zero-order valence-corrected chi connectivity index (χ0v) is 8.79. The lowest BCUT2D eigenvalue weighted by atomic mass is 10.1. The van der Waals surface area contributed by atoms with E-state index < -0.39 is 0 Å². The number of hydrogen-bond acceptors (Lipinski definition) is 3. The van der Waals surface area contributed by atoms with Gasteiger partial charge < -0.3 is 15.3 Å². The maximum Gasteiger partial charge on any atom is 0.0636 e. The molecule has 1 rings (SSSR count). The summed E-state index contributed by atoms with van der Waals surface area (Å²) >= 11 is 0. The molecule has 0 unspecified atom stereocenters. The topological polar surface area (TPSA) is 35.5 Å². The number of hydrogen-bond donors (Lipinski definition) is 2. The van der Waals surface area contributed by atoms with Crippen molar-refractivity contribution < 1.29 is 5.11 Å². The molecule has 1 fully saturated rings. The highest BCUT2D eigenvalue weighted by Crippen LogP contribution is 2.09. The van der Waals surface area contributed by atoms with Crippen molar-refractivity contribution in [2.24, 2.45) is 0 Å². The summed E-state index contributed by atoms with van der Waals surface area (Å²) in [6.45, 7) is 8.35. The third kappa shape index (κ3) is 4.07. The molecule has 3 heteroatoms. The monoisotopic (exact) mass is 186 g/mol. The van der Waals surface area contributed by atoms with Crippen LogP contribution in [0, 0.1) is 0 Å². The van der Waals surface area contributed by atoms with Crippen LogP contribution in [0.25, 0.3) is 0 Å². The number of aliphatic hydroxyl groups is 1. The molecule has 1 saturated heterocycles. The lowest BCUT2D eigenvalue weighted by Gasteiger charge is -2.31. The Morgan fingerprint density at radius 3 is 2.54 bits per heavy atom. The number of nitrogens with one attached hydrogen (secondary N) is 1. The van der Waals surface area contributed by atoms with E-state index in [1.54, 1.807) is 0 Å². The summed E-state index contributed by atoms with van der Waals surface area (Å²) in [7, 11) is 0. The molecule has 1 heterocycles. The van der Waals surface area contributed by atoms with Crippen molar-refractivity contribution in [1.82, 2.24) is 10.2 Å². The van der Waals surface area contributed by atoms with Gasteiger partial charge in [0.25, 0.3) is 0 Å². The van der Waals surface area contributed by atoms with Gasteiger partial charge in [0.2, 0.25) is 0 Å². The second-order valence-electron chi connectivity index (χ2n) is 3.97. The van der Waals surface area contributed by atoms with Crippen molar-refractivity contribution >= 4 is 0 Å². The van der Waals surface area contributed by atoms with Gasteiger partial charge in [0.15, 0.2) is 0 Å². The molecule has 0 saturated carbocycles. The van der Waals surface area contributed by atoms with E-state index in [-0.39, 0.29) is 6.10 Å². The highest BCUT2D eigenvalue weighted by molar-refractivity contribution is 4.76. The van der Waals surface area contributed by atoms with Crippen molar-refractivity contribution in [2.75, 3.05) is 26.2 Å². The van der Waals surface area contributed by atoms with Crippen LogP contribution in [0.4, 0.5) is 0 Å². The smallest absolute Gasteiger partial charge is 0.0636 e. The molecule has 0 aromatic carbocycles. The molecule has 0 aromatic heterocycles. The minimum absolute atomic E-state index is 0.218. The number of likely N-dealkylation sites (tertiary alicyclic amines) is 1. The second kappa shape index (κ2) is 5.58. The molecule has 0 bridgehead atoms. The maximum atomic E-state index is 9.11. The molecule has 1 atom stereocenters. The molecule has 1 aliphatic heterocycles. The standard InChI is InChI=1S/C10H22N2O/c1-3-12-6-4-10(5-7-12)11-8-9(2)13/h9-11,13H,3-8H2,1-2H3/t9-/m1/s1. The third-order valence-corrected chi connectivity index (χ3v) is 2.74. The molecule has 0 aromatic rings. The van der Waals surface area contributed by atoms with Gasteiger partial charge in [-0.05, 0) is 39.4 Å². The van der Waals surface area contributed by atoms with Crippen LogP contribution in [0.3, 0.4) is 0 Å². The Bertz CT molecular complexity index is 131. The maximum absolute atomic E-state index is 9.11. The van der Waals surface area contributed by atoms with Gasteiger partial charge in [0.1, 0.15) is 0 Å². The quantitative estimate of drug-likeness (QED) is 0.669. The van der Waals surface area contributed by atoms with Gasteiger partial charge in [-0.2, -0.15) is 0 Å². The highest BCUT2D eigenvalue weighted by Gasteiger charge is 2.17. The largest absolute Gasteiger partial charge is 0.392 e. The van der Waals surface area contributed by atoms with Gasteiger partial charge in [0, 0.05) is 12.6 Å². The van der Waals surface area contributed by atoms with E-state index in [0.29, 0.717) is 6.04 Å². The summed E-state index contributed by atoms with van der Waals surface area (Å²) in [6.07, 6.45) is 2.23. The highest BCUT2D eigenvalue weighted by atomic mass is 16.3. The van der Waals surface area contributed by atoms with Gasteiger partial charge in [-0.3, -0.25) is 0 Å². The first-order valence-corrected chi connectivity index (χ1v) is 5.36. The predicted octanol–water partition coefficient (Wildman–Crippen LogP) is 0.441. The first kappa shape index (κ1) is 11.0. The van der Waals surface area contributed by atoms with Gasteiger partial charge in [-0.1, -0.05) is 6.92 Å². The Morgan fingerprint density at radius 1 is 1.46 bits per heavy atom. The summed E-state index contributed by atoms with van der Waals surface area (Å²) in [5.74, 6) is 0. The first-order valence-electron chi connectivity index (χ1n) is 5.36. The fourth-order valence-corrected chi connectivity index (χ4v) is 1.79. The van der Waals surface area contributed by atoms with Gasteiger partial charge >= 0.3 is 0 Å². The minimum atomic E-state index is -0.218. The fourth-order valence-electron chi connectivity index (χ4n) is 1.79. The predicted molar refractivity (Wildman–Crippen MR) is 54.8 cm³/mol. The van der Waals surface area contributed by atoms with E-state index in [2.05, 4.69) is 17.1 Å². The summed E-state index contributed by atoms with van der Waals surface area (Å²) < 4.78 is 0. The van der Waals surface area contributed by atoms with E-state index >= 15 is 0 Å². The molecule has 1 aliphatic rings. The Balaban J connectivity index is 2.10. The average Bonchev–Trinajstić information content (AvgIpc) is 2.15. The number of nitrogens with zero attached hydrogens (tertiary/aromatic N) is 1. The van der Waals surface area contributed by atoms with Crippen LogP contribution in [0.5, 0.6) is 0 Å². The molecule has 2 N–H and O–H groups in total. The Morgan fingerprint density at radius 2 is 2.08 bits per heavy atom. The van der Waals surface area contributed by atoms with Crippen molar-refractivity contribution in [2.45, 2.75) is 38.8 Å². The number of aliphatic hydroxyl groups excluding tert-OH is 1. The van der Waals surface area contributed by atoms with Crippen molar-refractivity contribution in [3.63, 3.8) is 0 Å². The molecule has 0 aliphatic carbocycles. The Kier molecular flexibility index (Phi) is 4.70. The van der Waals surface area contributed by atoms with Crippen LogP contribution >= 0.6 is 0 Å². The lowest BCUT2D eigenvalue weighted by Crippen LogP contribution is -2.44. The third-order valence-electron chi connectivity index (χ3n) is 2.74. The Labute approximate surface area is 81.1 Å². The number of rotatable bonds is 4. The van der Waals surface area contributed by atoms with E-state index in [4.69, 9.17) is 5.11 Å². The summed E-state index contributed by atoms with van der Waals surface area (Å²) in [5, 5.41) is 12.5. The molecule has 0 radical (unpaired) electrons. The van der Waals surface area contributed by atoms with Crippen molar-refractivity contribution in [3.8, 4) is 0 Å². The molecule has 0 spiro atoms. The summed E-state index contributed by atoms with van der Waals surface area (Å²) in [4.78, 5) is 2.47. The molecule has 0 amide bonds.